The number of fused-ring (bicyclic) bond motifs is 1. The minimum atomic E-state index is 0.0187. The van der Waals surface area contributed by atoms with Crippen molar-refractivity contribution in [3.63, 3.8) is 0 Å². The molecule has 0 spiro atoms. The van der Waals surface area contributed by atoms with E-state index in [0.717, 1.165) is 34.3 Å². The number of carbonyl (C=O) groups excluding carboxylic acids is 1. The molecule has 1 fully saturated rings. The molecule has 4 rings (SSSR count). The van der Waals surface area contributed by atoms with E-state index in [1.165, 1.54) is 11.3 Å². The number of anilines is 1. The van der Waals surface area contributed by atoms with E-state index in [-0.39, 0.29) is 11.9 Å². The van der Waals surface area contributed by atoms with E-state index in [2.05, 4.69) is 27.5 Å². The molecule has 1 aliphatic rings. The summed E-state index contributed by atoms with van der Waals surface area (Å²) in [5.41, 5.74) is 2.11. The second-order valence-corrected chi connectivity index (χ2v) is 7.02. The number of aromatic nitrogens is 3. The number of benzene rings is 1. The first-order valence-corrected chi connectivity index (χ1v) is 8.93. The zero-order valence-corrected chi connectivity index (χ0v) is 14.3. The van der Waals surface area contributed by atoms with Crippen LogP contribution < -0.4 is 5.32 Å². The van der Waals surface area contributed by atoms with Gasteiger partial charge in [-0.3, -0.25) is 4.79 Å². The first-order chi connectivity index (χ1) is 11.7. The van der Waals surface area contributed by atoms with Crippen molar-refractivity contribution in [2.45, 2.75) is 25.8 Å². The number of aryl methyl sites for hydroxylation is 1. The first kappa shape index (κ1) is 15.1. The van der Waals surface area contributed by atoms with Crippen LogP contribution in [-0.2, 0) is 4.79 Å². The summed E-state index contributed by atoms with van der Waals surface area (Å²) in [7, 11) is 0. The summed E-state index contributed by atoms with van der Waals surface area (Å²) in [4.78, 5) is 19.3. The lowest BCUT2D eigenvalue weighted by Gasteiger charge is -2.24. The Hall–Kier alpha value is -2.41. The molecule has 124 valence electrons. The quantitative estimate of drug-likeness (QED) is 0.775. The minimum absolute atomic E-state index is 0.0187. The van der Waals surface area contributed by atoms with Crippen molar-refractivity contribution in [1.82, 2.24) is 19.5 Å². The SMILES string of the molecule is Cc1cn2nc(N[C@@H](CN3CCCC3=O)c3ccccc3)sc2n1. The number of rotatable bonds is 5. The Morgan fingerprint density at radius 3 is 2.88 bits per heavy atom. The summed E-state index contributed by atoms with van der Waals surface area (Å²) in [5, 5.41) is 8.86. The van der Waals surface area contributed by atoms with Crippen LogP contribution in [0.1, 0.15) is 30.1 Å². The molecule has 0 bridgehead atoms. The molecule has 6 nitrogen and oxygen atoms in total. The van der Waals surface area contributed by atoms with Crippen LogP contribution in [0.25, 0.3) is 4.96 Å². The Balaban J connectivity index is 1.59. The van der Waals surface area contributed by atoms with Gasteiger partial charge in [0.1, 0.15) is 0 Å². The third-order valence-corrected chi connectivity index (χ3v) is 5.09. The zero-order chi connectivity index (χ0) is 16.5. The fourth-order valence-electron chi connectivity index (χ4n) is 3.05. The van der Waals surface area contributed by atoms with Gasteiger partial charge in [0.05, 0.1) is 17.9 Å². The number of nitrogens with one attached hydrogen (secondary N) is 1. The van der Waals surface area contributed by atoms with E-state index >= 15 is 0 Å². The Bertz CT molecular complexity index is 825. The standard InChI is InChI=1S/C17H19N5OS/c1-12-10-22-17(18-12)24-16(20-22)19-14(13-6-3-2-4-7-13)11-21-9-5-8-15(21)23/h2-4,6-7,10,14H,5,8-9,11H2,1H3,(H,19,20)/t14-/m0/s1. The number of likely N-dealkylation sites (tertiary alicyclic amines) is 1. The highest BCUT2D eigenvalue weighted by atomic mass is 32.1. The van der Waals surface area contributed by atoms with Crippen LogP contribution in [0.2, 0.25) is 0 Å². The normalized spacial score (nSPS) is 16.0. The third-order valence-electron chi connectivity index (χ3n) is 4.24. The Morgan fingerprint density at radius 1 is 1.33 bits per heavy atom. The average molecular weight is 341 g/mol. The first-order valence-electron chi connectivity index (χ1n) is 8.11. The van der Waals surface area contributed by atoms with Gasteiger partial charge in [0.15, 0.2) is 0 Å². The van der Waals surface area contributed by atoms with E-state index in [9.17, 15) is 4.79 Å². The second kappa shape index (κ2) is 6.24. The Kier molecular flexibility index (Phi) is 3.93. The molecule has 24 heavy (non-hydrogen) atoms. The maximum atomic E-state index is 12.0. The molecule has 3 heterocycles. The van der Waals surface area contributed by atoms with E-state index < -0.39 is 0 Å². The number of imidazole rings is 1. The zero-order valence-electron chi connectivity index (χ0n) is 13.5. The van der Waals surface area contributed by atoms with Crippen molar-refractivity contribution in [3.05, 3.63) is 47.8 Å². The van der Waals surface area contributed by atoms with Crippen LogP contribution in [0, 0.1) is 6.92 Å². The van der Waals surface area contributed by atoms with Crippen molar-refractivity contribution in [1.29, 1.82) is 0 Å². The molecule has 3 aromatic rings. The Morgan fingerprint density at radius 2 is 2.17 bits per heavy atom. The van der Waals surface area contributed by atoms with Crippen LogP contribution in [0.4, 0.5) is 5.13 Å². The predicted octanol–water partition coefficient (Wildman–Crippen LogP) is 2.87. The molecular weight excluding hydrogens is 322 g/mol. The summed E-state index contributed by atoms with van der Waals surface area (Å²) in [6.45, 7) is 3.45. The summed E-state index contributed by atoms with van der Waals surface area (Å²) in [6.07, 6.45) is 3.52. The van der Waals surface area contributed by atoms with Gasteiger partial charge in [0.2, 0.25) is 16.0 Å². The minimum Gasteiger partial charge on any atom is -0.351 e. The number of hydrogen-bond donors (Lipinski definition) is 1. The Labute approximate surface area is 144 Å². The van der Waals surface area contributed by atoms with Gasteiger partial charge in [-0.05, 0) is 18.9 Å². The summed E-state index contributed by atoms with van der Waals surface area (Å²) in [5.74, 6) is 0.238. The van der Waals surface area contributed by atoms with Crippen LogP contribution in [-0.4, -0.2) is 38.5 Å². The summed E-state index contributed by atoms with van der Waals surface area (Å²) < 4.78 is 1.80. The number of nitrogens with zero attached hydrogens (tertiary/aromatic N) is 4. The maximum Gasteiger partial charge on any atom is 0.222 e. The van der Waals surface area contributed by atoms with Crippen molar-refractivity contribution >= 4 is 27.3 Å². The molecule has 1 saturated heterocycles. The molecule has 0 radical (unpaired) electrons. The highest BCUT2D eigenvalue weighted by molar-refractivity contribution is 7.20. The molecule has 0 aliphatic carbocycles. The summed E-state index contributed by atoms with van der Waals surface area (Å²) in [6, 6.07) is 10.2. The van der Waals surface area contributed by atoms with Crippen molar-refractivity contribution in [2.24, 2.45) is 0 Å². The fraction of sp³-hybridized carbons (Fsp3) is 0.353. The lowest BCUT2D eigenvalue weighted by atomic mass is 10.1. The highest BCUT2D eigenvalue weighted by Gasteiger charge is 2.25. The lowest BCUT2D eigenvalue weighted by molar-refractivity contribution is -0.127. The lowest BCUT2D eigenvalue weighted by Crippen LogP contribution is -2.32. The van der Waals surface area contributed by atoms with Gasteiger partial charge < -0.3 is 10.2 Å². The molecule has 0 saturated carbocycles. The predicted molar refractivity (Wildman–Crippen MR) is 94.2 cm³/mol. The molecule has 2 aromatic heterocycles. The van der Waals surface area contributed by atoms with Crippen molar-refractivity contribution in [3.8, 4) is 0 Å². The molecular formula is C17H19N5OS. The van der Waals surface area contributed by atoms with Crippen LogP contribution in [0.15, 0.2) is 36.5 Å². The molecule has 1 N–H and O–H groups in total. The third kappa shape index (κ3) is 2.99. The largest absolute Gasteiger partial charge is 0.351 e. The molecule has 0 unspecified atom stereocenters. The number of hydrogen-bond acceptors (Lipinski definition) is 5. The van der Waals surface area contributed by atoms with Gasteiger partial charge in [-0.1, -0.05) is 41.7 Å². The van der Waals surface area contributed by atoms with Gasteiger partial charge in [0, 0.05) is 19.5 Å². The van der Waals surface area contributed by atoms with E-state index in [1.54, 1.807) is 4.52 Å². The average Bonchev–Trinajstić information content (AvgIpc) is 3.23. The van der Waals surface area contributed by atoms with Gasteiger partial charge >= 0.3 is 0 Å². The molecule has 1 atom stereocenters. The van der Waals surface area contributed by atoms with Crippen LogP contribution in [0.5, 0.6) is 0 Å². The van der Waals surface area contributed by atoms with Crippen LogP contribution in [0.3, 0.4) is 0 Å². The van der Waals surface area contributed by atoms with E-state index in [4.69, 9.17) is 0 Å². The van der Waals surface area contributed by atoms with Gasteiger partial charge in [-0.2, -0.15) is 0 Å². The molecule has 1 amide bonds. The fourth-order valence-corrected chi connectivity index (χ4v) is 3.93. The van der Waals surface area contributed by atoms with Gasteiger partial charge in [-0.25, -0.2) is 9.50 Å². The molecule has 1 aromatic carbocycles. The molecule has 7 heteroatoms. The van der Waals surface area contributed by atoms with Crippen LogP contribution >= 0.6 is 11.3 Å². The maximum absolute atomic E-state index is 12.0. The van der Waals surface area contributed by atoms with Gasteiger partial charge in [-0.15, -0.1) is 5.10 Å². The van der Waals surface area contributed by atoms with Crippen molar-refractivity contribution < 1.29 is 4.79 Å². The van der Waals surface area contributed by atoms with E-state index in [0.29, 0.717) is 13.0 Å². The van der Waals surface area contributed by atoms with Crippen molar-refractivity contribution in [2.75, 3.05) is 18.4 Å². The second-order valence-electron chi connectivity index (χ2n) is 6.07. The van der Waals surface area contributed by atoms with Gasteiger partial charge in [0.25, 0.3) is 0 Å². The number of amides is 1. The number of carbonyl (C=O) groups is 1. The monoisotopic (exact) mass is 341 g/mol. The molecule has 1 aliphatic heterocycles. The van der Waals surface area contributed by atoms with E-state index in [1.807, 2.05) is 36.2 Å². The smallest absolute Gasteiger partial charge is 0.222 e. The summed E-state index contributed by atoms with van der Waals surface area (Å²) >= 11 is 1.53. The topological polar surface area (TPSA) is 62.5 Å². The highest BCUT2D eigenvalue weighted by Crippen LogP contribution is 2.26.